The highest BCUT2D eigenvalue weighted by Crippen LogP contribution is 2.27. The molecule has 32 heavy (non-hydrogen) atoms. The largest absolute Gasteiger partial charge is 0.368 e. The molecule has 2 aromatic rings. The van der Waals surface area contributed by atoms with Gasteiger partial charge in [-0.1, -0.05) is 39.8 Å². The second kappa shape index (κ2) is 10.5. The molecular weight excluding hydrogens is 466 g/mol. The second-order valence-electron chi connectivity index (χ2n) is 9.92. The first kappa shape index (κ1) is 24.3. The lowest BCUT2D eigenvalue weighted by atomic mass is 9.84. The van der Waals surface area contributed by atoms with Crippen molar-refractivity contribution in [3.63, 3.8) is 0 Å². The quantitative estimate of drug-likeness (QED) is 0.545. The van der Waals surface area contributed by atoms with Crippen LogP contribution in [0.4, 0.5) is 11.4 Å². The Morgan fingerprint density at radius 3 is 2.22 bits per heavy atom. The molecule has 1 saturated heterocycles. The monoisotopic (exact) mass is 499 g/mol. The third-order valence-corrected chi connectivity index (χ3v) is 6.42. The van der Waals surface area contributed by atoms with Crippen molar-refractivity contribution in [1.82, 2.24) is 4.90 Å². The van der Waals surface area contributed by atoms with Crippen molar-refractivity contribution in [2.45, 2.75) is 40.5 Å². The summed E-state index contributed by atoms with van der Waals surface area (Å²) in [5.74, 6) is 0.532. The second-order valence-corrected chi connectivity index (χ2v) is 10.8. The molecule has 2 amide bonds. The van der Waals surface area contributed by atoms with Crippen LogP contribution in [-0.2, 0) is 4.79 Å². The number of hydrogen-bond donors (Lipinski definition) is 1. The van der Waals surface area contributed by atoms with E-state index in [1.54, 1.807) is 6.07 Å². The van der Waals surface area contributed by atoms with Crippen LogP contribution in [0.15, 0.2) is 53.0 Å². The molecule has 172 valence electrons. The van der Waals surface area contributed by atoms with Gasteiger partial charge in [0.2, 0.25) is 5.91 Å². The van der Waals surface area contributed by atoms with Crippen molar-refractivity contribution in [2.75, 3.05) is 36.4 Å². The summed E-state index contributed by atoms with van der Waals surface area (Å²) >= 11 is 3.42. The zero-order valence-corrected chi connectivity index (χ0v) is 21.1. The van der Waals surface area contributed by atoms with Crippen molar-refractivity contribution in [2.24, 2.45) is 11.3 Å². The van der Waals surface area contributed by atoms with E-state index < -0.39 is 0 Å². The van der Waals surface area contributed by atoms with Gasteiger partial charge in [-0.25, -0.2) is 0 Å². The molecule has 1 aliphatic heterocycles. The van der Waals surface area contributed by atoms with Crippen LogP contribution in [-0.4, -0.2) is 42.9 Å². The first-order valence-electron chi connectivity index (χ1n) is 11.3. The summed E-state index contributed by atoms with van der Waals surface area (Å²) in [7, 11) is 0. The highest BCUT2D eigenvalue weighted by Gasteiger charge is 2.24. The zero-order valence-electron chi connectivity index (χ0n) is 19.5. The maximum absolute atomic E-state index is 12.7. The molecule has 0 saturated carbocycles. The van der Waals surface area contributed by atoms with E-state index in [-0.39, 0.29) is 17.2 Å². The van der Waals surface area contributed by atoms with E-state index in [4.69, 9.17) is 0 Å². The first-order chi connectivity index (χ1) is 15.1. The molecule has 1 atom stereocenters. The summed E-state index contributed by atoms with van der Waals surface area (Å²) in [5, 5.41) is 2.94. The van der Waals surface area contributed by atoms with Gasteiger partial charge in [0.25, 0.3) is 5.91 Å². The summed E-state index contributed by atoms with van der Waals surface area (Å²) < 4.78 is 0.773. The van der Waals surface area contributed by atoms with Crippen LogP contribution in [0.3, 0.4) is 0 Å². The lowest BCUT2D eigenvalue weighted by Gasteiger charge is -2.37. The Hall–Kier alpha value is -2.34. The van der Waals surface area contributed by atoms with Gasteiger partial charge in [-0.2, -0.15) is 0 Å². The fourth-order valence-electron chi connectivity index (χ4n) is 4.36. The Morgan fingerprint density at radius 2 is 1.62 bits per heavy atom. The van der Waals surface area contributed by atoms with Gasteiger partial charge in [0, 0.05) is 48.4 Å². The molecule has 0 aromatic heterocycles. The Bertz CT molecular complexity index is 929. The smallest absolute Gasteiger partial charge is 0.256 e. The molecule has 0 aliphatic carbocycles. The van der Waals surface area contributed by atoms with Gasteiger partial charge in [-0.15, -0.1) is 0 Å². The number of halogens is 1. The van der Waals surface area contributed by atoms with E-state index in [9.17, 15) is 9.59 Å². The highest BCUT2D eigenvalue weighted by atomic mass is 79.9. The lowest BCUT2D eigenvalue weighted by molar-refractivity contribution is -0.132. The number of anilines is 2. The molecule has 0 bridgehead atoms. The number of rotatable bonds is 6. The highest BCUT2D eigenvalue weighted by molar-refractivity contribution is 9.10. The molecule has 6 heteroatoms. The summed E-state index contributed by atoms with van der Waals surface area (Å²) in [5.41, 5.74) is 2.73. The number of piperazine rings is 1. The number of nitrogens with one attached hydrogen (secondary N) is 1. The molecule has 3 rings (SSSR count). The molecule has 1 heterocycles. The van der Waals surface area contributed by atoms with Gasteiger partial charge >= 0.3 is 0 Å². The third-order valence-electron chi connectivity index (χ3n) is 5.73. The lowest BCUT2D eigenvalue weighted by Crippen LogP contribution is -2.49. The molecule has 5 nitrogen and oxygen atoms in total. The maximum Gasteiger partial charge on any atom is 0.256 e. The standard InChI is InChI=1S/C26H34BrN3O2/c1-19(18-26(2,3)4)17-24(31)30-15-13-29(14-16-30)21-11-9-20(10-12-21)28-25(32)22-7-5-6-8-23(22)27/h5-12,19H,13-18H2,1-4H3,(H,28,32). The fourth-order valence-corrected chi connectivity index (χ4v) is 4.82. The normalized spacial score (nSPS) is 15.4. The van der Waals surface area contributed by atoms with Crippen LogP contribution >= 0.6 is 15.9 Å². The summed E-state index contributed by atoms with van der Waals surface area (Å²) in [6.07, 6.45) is 1.69. The molecule has 2 aromatic carbocycles. The van der Waals surface area contributed by atoms with Crippen LogP contribution in [0.5, 0.6) is 0 Å². The SMILES string of the molecule is CC(CC(=O)N1CCN(c2ccc(NC(=O)c3ccccc3Br)cc2)CC1)CC(C)(C)C. The van der Waals surface area contributed by atoms with Gasteiger partial charge < -0.3 is 15.1 Å². The molecule has 0 radical (unpaired) electrons. The predicted octanol–water partition coefficient (Wildman–Crippen LogP) is 5.81. The van der Waals surface area contributed by atoms with Crippen molar-refractivity contribution in [3.05, 3.63) is 58.6 Å². The fraction of sp³-hybridized carbons (Fsp3) is 0.462. The Balaban J connectivity index is 1.50. The van der Waals surface area contributed by atoms with Crippen LogP contribution < -0.4 is 10.2 Å². The average molecular weight is 500 g/mol. The Labute approximate surface area is 200 Å². The van der Waals surface area contributed by atoms with E-state index in [0.29, 0.717) is 17.9 Å². The summed E-state index contributed by atoms with van der Waals surface area (Å²) in [6.45, 7) is 12.0. The number of nitrogens with zero attached hydrogens (tertiary/aromatic N) is 2. The minimum atomic E-state index is -0.141. The topological polar surface area (TPSA) is 52.7 Å². The van der Waals surface area contributed by atoms with Gasteiger partial charge in [-0.05, 0) is 70.1 Å². The van der Waals surface area contributed by atoms with E-state index in [0.717, 1.165) is 48.4 Å². The summed E-state index contributed by atoms with van der Waals surface area (Å²) in [6, 6.07) is 15.3. The number of benzene rings is 2. The molecule has 1 aliphatic rings. The van der Waals surface area contributed by atoms with Crippen LogP contribution in [0.2, 0.25) is 0 Å². The summed E-state index contributed by atoms with van der Waals surface area (Å²) in [4.78, 5) is 29.5. The van der Waals surface area contributed by atoms with Gasteiger partial charge in [0.15, 0.2) is 0 Å². The van der Waals surface area contributed by atoms with Gasteiger partial charge in [0.05, 0.1) is 5.56 Å². The first-order valence-corrected chi connectivity index (χ1v) is 12.1. The molecular formula is C26H34BrN3O2. The third kappa shape index (κ3) is 6.83. The Morgan fingerprint density at radius 1 is 1.00 bits per heavy atom. The van der Waals surface area contributed by atoms with E-state index in [1.807, 2.05) is 47.4 Å². The molecule has 1 unspecified atom stereocenters. The molecule has 1 fully saturated rings. The van der Waals surface area contributed by atoms with Gasteiger partial charge in [0.1, 0.15) is 0 Å². The van der Waals surface area contributed by atoms with Crippen molar-refractivity contribution in [3.8, 4) is 0 Å². The van der Waals surface area contributed by atoms with Gasteiger partial charge in [-0.3, -0.25) is 9.59 Å². The zero-order chi connectivity index (χ0) is 23.3. The van der Waals surface area contributed by atoms with Crippen molar-refractivity contribution >= 4 is 39.1 Å². The van der Waals surface area contributed by atoms with E-state index >= 15 is 0 Å². The average Bonchev–Trinajstić information content (AvgIpc) is 2.73. The number of amides is 2. The van der Waals surface area contributed by atoms with Crippen LogP contribution in [0.1, 0.15) is 50.9 Å². The number of hydrogen-bond acceptors (Lipinski definition) is 3. The van der Waals surface area contributed by atoms with Crippen LogP contribution in [0.25, 0.3) is 0 Å². The van der Waals surface area contributed by atoms with Crippen LogP contribution in [0, 0.1) is 11.3 Å². The minimum Gasteiger partial charge on any atom is -0.368 e. The number of carbonyl (C=O) groups is 2. The van der Waals surface area contributed by atoms with Crippen molar-refractivity contribution < 1.29 is 9.59 Å². The predicted molar refractivity (Wildman–Crippen MR) is 135 cm³/mol. The van der Waals surface area contributed by atoms with E-state index in [1.165, 1.54) is 0 Å². The number of carbonyl (C=O) groups excluding carboxylic acids is 2. The van der Waals surface area contributed by atoms with Crippen molar-refractivity contribution in [1.29, 1.82) is 0 Å². The molecule has 0 spiro atoms. The minimum absolute atomic E-state index is 0.141. The Kier molecular flexibility index (Phi) is 7.99. The molecule has 1 N–H and O–H groups in total. The maximum atomic E-state index is 12.7. The van der Waals surface area contributed by atoms with E-state index in [2.05, 4.69) is 53.8 Å².